The Kier molecular flexibility index (Phi) is 9.97. The zero-order valence-corrected chi connectivity index (χ0v) is 18.6. The fourth-order valence-electron chi connectivity index (χ4n) is 2.72. The van der Waals surface area contributed by atoms with Crippen LogP contribution in [0, 0.1) is 0 Å². The van der Waals surface area contributed by atoms with Gasteiger partial charge in [-0.2, -0.15) is 0 Å². The molecule has 1 N–H and O–H groups in total. The Morgan fingerprint density at radius 1 is 1.17 bits per heavy atom. The van der Waals surface area contributed by atoms with Crippen LogP contribution < -0.4 is 14.2 Å². The van der Waals surface area contributed by atoms with E-state index in [0.717, 1.165) is 16.9 Å². The minimum atomic E-state index is -0.398. The largest absolute Gasteiger partial charge is 0.493 e. The van der Waals surface area contributed by atoms with Gasteiger partial charge in [0.25, 0.3) is 0 Å². The Morgan fingerprint density at radius 2 is 1.90 bits per heavy atom. The second-order valence-electron chi connectivity index (χ2n) is 6.50. The number of rotatable bonds is 12. The number of allylic oxidation sites excluding steroid dienone is 3. The Hall–Kier alpha value is -2.77. The van der Waals surface area contributed by atoms with Crippen molar-refractivity contribution in [2.24, 2.45) is 5.16 Å². The first kappa shape index (κ1) is 23.5. The van der Waals surface area contributed by atoms with E-state index >= 15 is 0 Å². The lowest BCUT2D eigenvalue weighted by atomic mass is 10.1. The molecular formula is C23H29NO5S. The highest BCUT2D eigenvalue weighted by Crippen LogP contribution is 2.37. The molecule has 7 heteroatoms. The molecule has 162 valence electrons. The number of oxime groups is 1. The fourth-order valence-corrected chi connectivity index (χ4v) is 3.47. The number of hydrogen-bond acceptors (Lipinski definition) is 7. The first-order valence-corrected chi connectivity index (χ1v) is 10.5. The van der Waals surface area contributed by atoms with Crippen LogP contribution in [-0.2, 0) is 4.84 Å². The summed E-state index contributed by atoms with van der Waals surface area (Å²) in [5.74, 6) is 1.65. The quantitative estimate of drug-likeness (QED) is 0.218. The molecule has 0 fully saturated rings. The molecule has 2 aromatic rings. The van der Waals surface area contributed by atoms with Gasteiger partial charge in [-0.05, 0) is 49.4 Å². The van der Waals surface area contributed by atoms with Gasteiger partial charge in [0.1, 0.15) is 6.61 Å². The summed E-state index contributed by atoms with van der Waals surface area (Å²) in [6, 6.07) is 7.50. The van der Waals surface area contributed by atoms with E-state index in [2.05, 4.69) is 12.1 Å². The standard InChI is InChI=1S/C23H29NO5S/c1-17(10-11-19(25)22-9-7-13-30-22)8-5-6-12-29-24-16-18-14-20(26-2)23(28-4)21(15-18)27-3/h5-9,13-16,19,25H,10-12H2,1-4H3/b6-5+,17-8+,24-16+. The topological polar surface area (TPSA) is 69.5 Å². The van der Waals surface area contributed by atoms with Crippen molar-refractivity contribution >= 4 is 17.6 Å². The van der Waals surface area contributed by atoms with Crippen molar-refractivity contribution < 1.29 is 24.2 Å². The third-order valence-electron chi connectivity index (χ3n) is 4.33. The van der Waals surface area contributed by atoms with Crippen LogP contribution in [0.25, 0.3) is 0 Å². The molecule has 6 nitrogen and oxygen atoms in total. The smallest absolute Gasteiger partial charge is 0.203 e. The number of aliphatic hydroxyl groups excluding tert-OH is 1. The monoisotopic (exact) mass is 431 g/mol. The second kappa shape index (κ2) is 12.7. The van der Waals surface area contributed by atoms with E-state index in [4.69, 9.17) is 19.0 Å². The number of ether oxygens (including phenoxy) is 3. The average Bonchev–Trinajstić information content (AvgIpc) is 3.31. The number of aliphatic hydroxyl groups is 1. The normalized spacial score (nSPS) is 13.0. The molecule has 0 spiro atoms. The van der Waals surface area contributed by atoms with Crippen molar-refractivity contribution in [2.45, 2.75) is 25.9 Å². The van der Waals surface area contributed by atoms with Gasteiger partial charge in [0.05, 0.1) is 33.6 Å². The minimum Gasteiger partial charge on any atom is -0.493 e. The van der Waals surface area contributed by atoms with Crippen LogP contribution in [0.4, 0.5) is 0 Å². The molecule has 0 bridgehead atoms. The summed E-state index contributed by atoms with van der Waals surface area (Å²) in [6.07, 6.45) is 8.58. The summed E-state index contributed by atoms with van der Waals surface area (Å²) in [6.45, 7) is 2.40. The molecule has 2 rings (SSSR count). The van der Waals surface area contributed by atoms with Crippen LogP contribution in [0.1, 0.15) is 36.3 Å². The molecule has 30 heavy (non-hydrogen) atoms. The van der Waals surface area contributed by atoms with Crippen molar-refractivity contribution in [3.05, 3.63) is 63.9 Å². The predicted molar refractivity (Wildman–Crippen MR) is 121 cm³/mol. The summed E-state index contributed by atoms with van der Waals surface area (Å²) in [7, 11) is 4.70. The average molecular weight is 432 g/mol. The highest BCUT2D eigenvalue weighted by molar-refractivity contribution is 7.10. The summed E-state index contributed by atoms with van der Waals surface area (Å²) >= 11 is 1.58. The SMILES string of the molecule is COc1cc(/C=N/OC/C=C/C=C(\C)CCC(O)c2cccs2)cc(OC)c1OC. The summed E-state index contributed by atoms with van der Waals surface area (Å²) in [4.78, 5) is 6.28. The van der Waals surface area contributed by atoms with E-state index in [9.17, 15) is 5.11 Å². The molecule has 1 aromatic carbocycles. The third-order valence-corrected chi connectivity index (χ3v) is 5.31. The van der Waals surface area contributed by atoms with Crippen molar-refractivity contribution in [1.82, 2.24) is 0 Å². The molecule has 0 saturated carbocycles. The van der Waals surface area contributed by atoms with Gasteiger partial charge in [0.15, 0.2) is 11.5 Å². The lowest BCUT2D eigenvalue weighted by molar-refractivity contribution is 0.171. The third kappa shape index (κ3) is 7.24. The van der Waals surface area contributed by atoms with Crippen LogP contribution in [0.3, 0.4) is 0 Å². The Labute approximate surface area is 182 Å². The molecule has 0 aliphatic carbocycles. The molecule has 0 aliphatic rings. The minimum absolute atomic E-state index is 0.350. The lowest BCUT2D eigenvalue weighted by Gasteiger charge is -2.12. The molecule has 0 aliphatic heterocycles. The van der Waals surface area contributed by atoms with Gasteiger partial charge in [-0.15, -0.1) is 11.3 Å². The fraction of sp³-hybridized carbons (Fsp3) is 0.348. The van der Waals surface area contributed by atoms with Gasteiger partial charge in [-0.1, -0.05) is 28.9 Å². The van der Waals surface area contributed by atoms with E-state index in [1.165, 1.54) is 5.57 Å². The number of nitrogens with zero attached hydrogens (tertiary/aromatic N) is 1. The van der Waals surface area contributed by atoms with Crippen molar-refractivity contribution in [3.8, 4) is 17.2 Å². The Morgan fingerprint density at radius 3 is 2.50 bits per heavy atom. The molecule has 1 aromatic heterocycles. The van der Waals surface area contributed by atoms with E-state index in [1.54, 1.807) is 51.0 Å². The van der Waals surface area contributed by atoms with Gasteiger partial charge in [0.2, 0.25) is 5.75 Å². The van der Waals surface area contributed by atoms with E-state index < -0.39 is 6.10 Å². The van der Waals surface area contributed by atoms with Crippen molar-refractivity contribution in [3.63, 3.8) is 0 Å². The van der Waals surface area contributed by atoms with E-state index in [1.807, 2.05) is 35.7 Å². The first-order valence-electron chi connectivity index (χ1n) is 9.58. The zero-order valence-electron chi connectivity index (χ0n) is 17.8. The maximum atomic E-state index is 10.1. The highest BCUT2D eigenvalue weighted by atomic mass is 32.1. The Balaban J connectivity index is 1.78. The number of thiophene rings is 1. The van der Waals surface area contributed by atoms with E-state index in [-0.39, 0.29) is 0 Å². The molecule has 0 radical (unpaired) electrons. The Bertz CT molecular complexity index is 833. The zero-order chi connectivity index (χ0) is 21.8. The van der Waals surface area contributed by atoms with Gasteiger partial charge in [-0.25, -0.2) is 0 Å². The predicted octanol–water partition coefficient (Wildman–Crippen LogP) is 5.14. The molecular weight excluding hydrogens is 402 g/mol. The van der Waals surface area contributed by atoms with Crippen LogP contribution in [-0.4, -0.2) is 39.3 Å². The number of methoxy groups -OCH3 is 3. The molecule has 0 amide bonds. The van der Waals surface area contributed by atoms with Gasteiger partial charge in [0, 0.05) is 10.4 Å². The molecule has 1 heterocycles. The van der Waals surface area contributed by atoms with Crippen molar-refractivity contribution in [2.75, 3.05) is 27.9 Å². The van der Waals surface area contributed by atoms with Crippen molar-refractivity contribution in [1.29, 1.82) is 0 Å². The molecule has 1 atom stereocenters. The van der Waals surface area contributed by atoms with Crippen LogP contribution >= 0.6 is 11.3 Å². The maximum Gasteiger partial charge on any atom is 0.203 e. The van der Waals surface area contributed by atoms with Crippen LogP contribution in [0.15, 0.2) is 58.6 Å². The van der Waals surface area contributed by atoms with E-state index in [0.29, 0.717) is 30.3 Å². The summed E-state index contributed by atoms with van der Waals surface area (Å²) in [5.41, 5.74) is 1.97. The number of hydrogen-bond donors (Lipinski definition) is 1. The van der Waals surface area contributed by atoms with Crippen LogP contribution in [0.2, 0.25) is 0 Å². The lowest BCUT2D eigenvalue weighted by Crippen LogP contribution is -1.97. The molecule has 0 saturated heterocycles. The van der Waals surface area contributed by atoms with Gasteiger partial charge < -0.3 is 24.2 Å². The van der Waals surface area contributed by atoms with Crippen LogP contribution in [0.5, 0.6) is 17.2 Å². The highest BCUT2D eigenvalue weighted by Gasteiger charge is 2.12. The van der Waals surface area contributed by atoms with Gasteiger partial charge in [-0.3, -0.25) is 0 Å². The second-order valence-corrected chi connectivity index (χ2v) is 7.48. The van der Waals surface area contributed by atoms with Gasteiger partial charge >= 0.3 is 0 Å². The maximum absolute atomic E-state index is 10.1. The number of benzene rings is 1. The summed E-state index contributed by atoms with van der Waals surface area (Å²) in [5, 5.41) is 16.1. The summed E-state index contributed by atoms with van der Waals surface area (Å²) < 4.78 is 15.9. The molecule has 1 unspecified atom stereocenters. The first-order chi connectivity index (χ1) is 14.6.